The third-order valence-corrected chi connectivity index (χ3v) is 0.980. The van der Waals surface area contributed by atoms with Gasteiger partial charge in [-0.1, -0.05) is 6.58 Å². The first-order valence-corrected chi connectivity index (χ1v) is 2.58. The summed E-state index contributed by atoms with van der Waals surface area (Å²) in [6.45, 7) is 8.67. The summed E-state index contributed by atoms with van der Waals surface area (Å²) in [4.78, 5) is 3.87. The van der Waals surface area contributed by atoms with E-state index in [0.717, 1.165) is 5.84 Å². The second kappa shape index (κ2) is 3.83. The van der Waals surface area contributed by atoms with Crippen molar-refractivity contribution in [1.29, 1.82) is 0 Å². The smallest absolute Gasteiger partial charge is 0.121 e. The molecule has 0 aromatic heterocycles. The Morgan fingerprint density at radius 2 is 2.22 bits per heavy atom. The van der Waals surface area contributed by atoms with Crippen LogP contribution in [0.5, 0.6) is 0 Å². The molecule has 3 nitrogen and oxygen atoms in total. The lowest BCUT2D eigenvalue weighted by Gasteiger charge is -2.09. The van der Waals surface area contributed by atoms with Gasteiger partial charge in [0.1, 0.15) is 5.84 Å². The number of amidine groups is 1. The van der Waals surface area contributed by atoms with Crippen LogP contribution in [0.2, 0.25) is 0 Å². The highest BCUT2D eigenvalue weighted by Gasteiger charge is 1.93. The van der Waals surface area contributed by atoms with E-state index in [1.54, 1.807) is 13.2 Å². The number of rotatable bonds is 2. The van der Waals surface area contributed by atoms with Gasteiger partial charge in [-0.3, -0.25) is 4.99 Å². The maximum absolute atomic E-state index is 3.87. The molecule has 0 bridgehead atoms. The van der Waals surface area contributed by atoms with Crippen LogP contribution in [0.3, 0.4) is 0 Å². The monoisotopic (exact) mass is 125 g/mol. The first kappa shape index (κ1) is 7.88. The third kappa shape index (κ3) is 2.08. The zero-order valence-electron chi connectivity index (χ0n) is 5.83. The summed E-state index contributed by atoms with van der Waals surface area (Å²) in [6.07, 6.45) is 1.55. The third-order valence-electron chi connectivity index (χ3n) is 0.980. The van der Waals surface area contributed by atoms with Crippen LogP contribution in [0.4, 0.5) is 0 Å². The quantitative estimate of drug-likeness (QED) is 0.308. The lowest BCUT2D eigenvalue weighted by atomic mass is 10.6. The summed E-state index contributed by atoms with van der Waals surface area (Å²) < 4.78 is 0. The minimum absolute atomic E-state index is 0.778. The molecule has 0 saturated carbocycles. The summed E-state index contributed by atoms with van der Waals surface area (Å²) in [6, 6.07) is 0. The van der Waals surface area contributed by atoms with Gasteiger partial charge in [-0.2, -0.15) is 5.10 Å². The Balaban J connectivity index is 4.11. The second-order valence-electron chi connectivity index (χ2n) is 1.44. The number of aliphatic imine (C=N–C) groups is 1. The fourth-order valence-electron chi connectivity index (χ4n) is 0.395. The van der Waals surface area contributed by atoms with Gasteiger partial charge in [0, 0.05) is 20.0 Å². The molecule has 0 saturated heterocycles. The minimum atomic E-state index is 0.778. The van der Waals surface area contributed by atoms with E-state index in [0.29, 0.717) is 0 Å². The molecule has 0 atom stereocenters. The predicted molar refractivity (Wildman–Crippen MR) is 40.6 cm³/mol. The fourth-order valence-corrected chi connectivity index (χ4v) is 0.395. The Kier molecular flexibility index (Phi) is 3.35. The second-order valence-corrected chi connectivity index (χ2v) is 1.44. The lowest BCUT2D eigenvalue weighted by molar-refractivity contribution is 0.605. The van der Waals surface area contributed by atoms with E-state index in [9.17, 15) is 0 Å². The van der Waals surface area contributed by atoms with Crippen LogP contribution in [-0.2, 0) is 0 Å². The van der Waals surface area contributed by atoms with E-state index in [1.165, 1.54) is 5.01 Å². The number of hydrogen-bond acceptors (Lipinski definition) is 2. The van der Waals surface area contributed by atoms with Crippen LogP contribution in [0.1, 0.15) is 6.92 Å². The van der Waals surface area contributed by atoms with Gasteiger partial charge in [0.2, 0.25) is 0 Å². The number of hydrogen-bond donors (Lipinski definition) is 0. The van der Waals surface area contributed by atoms with Crippen molar-refractivity contribution in [3.8, 4) is 0 Å². The van der Waals surface area contributed by atoms with E-state index >= 15 is 0 Å². The first-order valence-electron chi connectivity index (χ1n) is 2.58. The van der Waals surface area contributed by atoms with Crippen molar-refractivity contribution in [3.63, 3.8) is 0 Å². The number of nitrogens with zero attached hydrogens (tertiary/aromatic N) is 3. The molecule has 0 rings (SSSR count). The van der Waals surface area contributed by atoms with Crippen LogP contribution in [0, 0.1) is 0 Å². The molecule has 0 aliphatic heterocycles. The van der Waals surface area contributed by atoms with Gasteiger partial charge in [0.15, 0.2) is 0 Å². The van der Waals surface area contributed by atoms with E-state index in [2.05, 4.69) is 23.4 Å². The zero-order chi connectivity index (χ0) is 7.28. The van der Waals surface area contributed by atoms with Gasteiger partial charge < -0.3 is 0 Å². The molecule has 0 fully saturated rings. The van der Waals surface area contributed by atoms with Crippen LogP contribution >= 0.6 is 0 Å². The summed E-state index contributed by atoms with van der Waals surface area (Å²) in [7, 11) is 1.69. The molecule has 0 unspecified atom stereocenters. The van der Waals surface area contributed by atoms with Gasteiger partial charge in [-0.25, -0.2) is 5.01 Å². The Morgan fingerprint density at radius 3 is 2.33 bits per heavy atom. The van der Waals surface area contributed by atoms with Crippen LogP contribution in [0.15, 0.2) is 22.9 Å². The maximum Gasteiger partial charge on any atom is 0.121 e. The molecule has 0 aromatic carbocycles. The molecule has 0 N–H and O–H groups in total. The Labute approximate surface area is 55.4 Å². The van der Waals surface area contributed by atoms with Crippen molar-refractivity contribution in [2.24, 2.45) is 10.1 Å². The summed E-state index contributed by atoms with van der Waals surface area (Å²) in [5, 5.41) is 5.11. The largest absolute Gasteiger partial charge is 0.274 e. The zero-order valence-corrected chi connectivity index (χ0v) is 5.83. The SMILES string of the molecule is C=CN(N=C)C(C)=NC. The minimum Gasteiger partial charge on any atom is -0.274 e. The molecule has 0 aliphatic carbocycles. The van der Waals surface area contributed by atoms with Gasteiger partial charge in [0.25, 0.3) is 0 Å². The molecule has 0 amide bonds. The standard InChI is InChI=1S/C6H11N3/c1-5-9(8-4)6(2)7-3/h5H,1,4H2,2-3H3. The van der Waals surface area contributed by atoms with E-state index in [4.69, 9.17) is 0 Å². The molecule has 0 radical (unpaired) electrons. The van der Waals surface area contributed by atoms with Gasteiger partial charge in [-0.05, 0) is 6.92 Å². The van der Waals surface area contributed by atoms with Crippen molar-refractivity contribution in [2.75, 3.05) is 7.05 Å². The summed E-state index contributed by atoms with van der Waals surface area (Å²) in [5.74, 6) is 0.778. The maximum atomic E-state index is 3.87. The van der Waals surface area contributed by atoms with Crippen molar-refractivity contribution < 1.29 is 0 Å². The molecule has 50 valence electrons. The van der Waals surface area contributed by atoms with E-state index in [-0.39, 0.29) is 0 Å². The fraction of sp³-hybridized carbons (Fsp3) is 0.333. The molecule has 0 aromatic rings. The van der Waals surface area contributed by atoms with Crippen LogP contribution < -0.4 is 0 Å². The molecule has 0 heterocycles. The molecule has 0 aliphatic rings. The van der Waals surface area contributed by atoms with Gasteiger partial charge in [-0.15, -0.1) is 0 Å². The topological polar surface area (TPSA) is 28.0 Å². The first-order chi connectivity index (χ1) is 4.26. The molecule has 9 heavy (non-hydrogen) atoms. The highest BCUT2D eigenvalue weighted by atomic mass is 15.5. The Hall–Kier alpha value is -1.12. The van der Waals surface area contributed by atoms with Gasteiger partial charge >= 0.3 is 0 Å². The van der Waals surface area contributed by atoms with Crippen LogP contribution in [-0.4, -0.2) is 24.6 Å². The lowest BCUT2D eigenvalue weighted by Crippen LogP contribution is -2.15. The van der Waals surface area contributed by atoms with E-state index < -0.39 is 0 Å². The average molecular weight is 125 g/mol. The number of hydrazone groups is 1. The molecule has 0 spiro atoms. The van der Waals surface area contributed by atoms with Crippen molar-refractivity contribution in [3.05, 3.63) is 12.8 Å². The van der Waals surface area contributed by atoms with Crippen molar-refractivity contribution >= 4 is 12.6 Å². The van der Waals surface area contributed by atoms with Crippen molar-refractivity contribution in [2.45, 2.75) is 6.92 Å². The van der Waals surface area contributed by atoms with Crippen LogP contribution in [0.25, 0.3) is 0 Å². The Morgan fingerprint density at radius 1 is 1.67 bits per heavy atom. The summed E-state index contributed by atoms with van der Waals surface area (Å²) >= 11 is 0. The van der Waals surface area contributed by atoms with Gasteiger partial charge in [0.05, 0.1) is 0 Å². The average Bonchev–Trinajstić information content (AvgIpc) is 1.90. The normalized spacial score (nSPS) is 10.7. The molecule has 3 heteroatoms. The highest BCUT2D eigenvalue weighted by Crippen LogP contribution is 1.89. The van der Waals surface area contributed by atoms with E-state index in [1.807, 2.05) is 6.92 Å². The highest BCUT2D eigenvalue weighted by molar-refractivity contribution is 5.80. The molecular formula is C6H11N3. The summed E-state index contributed by atoms with van der Waals surface area (Å²) in [5.41, 5.74) is 0. The molecular weight excluding hydrogens is 114 g/mol. The Bertz CT molecular complexity index is 129. The van der Waals surface area contributed by atoms with Crippen molar-refractivity contribution in [1.82, 2.24) is 5.01 Å². The predicted octanol–water partition coefficient (Wildman–Crippen LogP) is 1.10.